The molecule has 0 saturated heterocycles. The minimum absolute atomic E-state index is 0.519. The van der Waals surface area contributed by atoms with Gasteiger partial charge in [0.2, 0.25) is 0 Å². The van der Waals surface area contributed by atoms with Crippen LogP contribution in [0.5, 0.6) is 5.75 Å². The second-order valence-corrected chi connectivity index (χ2v) is 5.20. The summed E-state index contributed by atoms with van der Waals surface area (Å²) in [5.74, 6) is 1.50. The number of hydrogen-bond acceptors (Lipinski definition) is 4. The Hall–Kier alpha value is -1.98. The number of aromatic nitrogens is 3. The number of hydrogen-bond donors (Lipinski definition) is 1. The molecule has 0 saturated carbocycles. The van der Waals surface area contributed by atoms with Gasteiger partial charge >= 0.3 is 0 Å². The Labute approximate surface area is 132 Å². The van der Waals surface area contributed by atoms with Gasteiger partial charge in [0.25, 0.3) is 0 Å². The van der Waals surface area contributed by atoms with Gasteiger partial charge in [-0.3, -0.25) is 4.57 Å². The van der Waals surface area contributed by atoms with Crippen LogP contribution in [0.2, 0.25) is 5.02 Å². The van der Waals surface area contributed by atoms with Crippen molar-refractivity contribution in [3.05, 3.63) is 53.6 Å². The lowest BCUT2D eigenvalue weighted by Gasteiger charge is -2.09. The van der Waals surface area contributed by atoms with Crippen molar-refractivity contribution in [1.82, 2.24) is 14.8 Å². The Morgan fingerprint density at radius 1 is 1.00 bits per heavy atom. The van der Waals surface area contributed by atoms with Crippen LogP contribution in [-0.4, -0.2) is 21.9 Å². The number of ether oxygens (including phenoxy) is 1. The predicted molar refractivity (Wildman–Crippen MR) is 85.6 cm³/mol. The molecule has 0 aliphatic carbocycles. The van der Waals surface area contributed by atoms with Crippen molar-refractivity contribution in [2.24, 2.45) is 0 Å². The molecule has 3 aromatic rings. The van der Waals surface area contributed by atoms with Crippen molar-refractivity contribution in [1.29, 1.82) is 0 Å². The highest BCUT2D eigenvalue weighted by Crippen LogP contribution is 2.26. The van der Waals surface area contributed by atoms with E-state index in [1.54, 1.807) is 7.11 Å². The van der Waals surface area contributed by atoms with E-state index in [9.17, 15) is 0 Å². The highest BCUT2D eigenvalue weighted by atomic mass is 35.5. The van der Waals surface area contributed by atoms with Crippen molar-refractivity contribution in [3.63, 3.8) is 0 Å². The zero-order valence-electron chi connectivity index (χ0n) is 11.2. The third-order valence-corrected chi connectivity index (χ3v) is 3.62. The van der Waals surface area contributed by atoms with Gasteiger partial charge in [0, 0.05) is 16.3 Å². The first-order chi connectivity index (χ1) is 10.2. The molecule has 6 heteroatoms. The fourth-order valence-electron chi connectivity index (χ4n) is 2.03. The molecule has 0 atom stereocenters. The fraction of sp³-hybridized carbons (Fsp3) is 0.0667. The van der Waals surface area contributed by atoms with E-state index in [4.69, 9.17) is 16.3 Å². The Bertz CT molecular complexity index is 754. The molecule has 0 radical (unpaired) electrons. The average Bonchev–Trinajstić information content (AvgIpc) is 2.90. The molecule has 0 amide bonds. The molecular weight excluding hydrogens is 306 g/mol. The van der Waals surface area contributed by atoms with Crippen LogP contribution in [0.25, 0.3) is 17.1 Å². The van der Waals surface area contributed by atoms with Crippen LogP contribution in [0.4, 0.5) is 0 Å². The van der Waals surface area contributed by atoms with Gasteiger partial charge in [0.1, 0.15) is 5.75 Å². The Balaban J connectivity index is 2.09. The first-order valence-corrected chi connectivity index (χ1v) is 7.06. The molecule has 0 aliphatic heterocycles. The molecule has 0 aliphatic rings. The third kappa shape index (κ3) is 2.75. The molecule has 4 nitrogen and oxygen atoms in total. The molecule has 0 bridgehead atoms. The smallest absolute Gasteiger partial charge is 0.193 e. The molecule has 2 aromatic carbocycles. The SMILES string of the molecule is COc1ccc(-n2c(S)nnc2-c2ccc(Cl)cc2)cc1. The van der Waals surface area contributed by atoms with Crippen LogP contribution in [-0.2, 0) is 0 Å². The zero-order chi connectivity index (χ0) is 14.8. The van der Waals surface area contributed by atoms with Crippen LogP contribution >= 0.6 is 24.2 Å². The number of nitrogens with zero attached hydrogens (tertiary/aromatic N) is 3. The van der Waals surface area contributed by atoms with Gasteiger partial charge < -0.3 is 4.74 Å². The Kier molecular flexibility index (Phi) is 3.86. The van der Waals surface area contributed by atoms with Gasteiger partial charge in [-0.05, 0) is 48.5 Å². The number of benzene rings is 2. The minimum atomic E-state index is 0.519. The Morgan fingerprint density at radius 3 is 2.29 bits per heavy atom. The third-order valence-electron chi connectivity index (χ3n) is 3.08. The first-order valence-electron chi connectivity index (χ1n) is 6.24. The average molecular weight is 318 g/mol. The number of methoxy groups -OCH3 is 1. The maximum atomic E-state index is 5.92. The topological polar surface area (TPSA) is 39.9 Å². The molecule has 0 fully saturated rings. The van der Waals surface area contributed by atoms with Crippen LogP contribution < -0.4 is 4.74 Å². The number of thiol groups is 1. The standard InChI is InChI=1S/C15H12ClN3OS/c1-20-13-8-6-12(7-9-13)19-14(17-18-15(19)21)10-2-4-11(16)5-3-10/h2-9H,1H3,(H,18,21). The maximum Gasteiger partial charge on any atom is 0.193 e. The predicted octanol–water partition coefficient (Wildman–Crippen LogP) is 3.89. The largest absolute Gasteiger partial charge is 0.497 e. The van der Waals surface area contributed by atoms with Crippen molar-refractivity contribution in [3.8, 4) is 22.8 Å². The van der Waals surface area contributed by atoms with E-state index >= 15 is 0 Å². The lowest BCUT2D eigenvalue weighted by Crippen LogP contribution is -1.98. The van der Waals surface area contributed by atoms with Gasteiger partial charge in [0.05, 0.1) is 7.11 Å². The van der Waals surface area contributed by atoms with Gasteiger partial charge in [-0.15, -0.1) is 22.8 Å². The number of rotatable bonds is 3. The highest BCUT2D eigenvalue weighted by Gasteiger charge is 2.13. The summed E-state index contributed by atoms with van der Waals surface area (Å²) in [5.41, 5.74) is 1.83. The summed E-state index contributed by atoms with van der Waals surface area (Å²) in [6.07, 6.45) is 0. The van der Waals surface area contributed by atoms with Crippen LogP contribution in [0.15, 0.2) is 53.7 Å². The normalized spacial score (nSPS) is 10.6. The second-order valence-electron chi connectivity index (χ2n) is 4.36. The summed E-state index contributed by atoms with van der Waals surface area (Å²) < 4.78 is 7.04. The Morgan fingerprint density at radius 2 is 1.67 bits per heavy atom. The lowest BCUT2D eigenvalue weighted by atomic mass is 10.2. The van der Waals surface area contributed by atoms with E-state index in [0.29, 0.717) is 16.0 Å². The molecule has 21 heavy (non-hydrogen) atoms. The summed E-state index contributed by atoms with van der Waals surface area (Å²) in [5, 5.41) is 9.44. The van der Waals surface area contributed by atoms with Crippen molar-refractivity contribution >= 4 is 24.2 Å². The van der Waals surface area contributed by atoms with E-state index in [1.165, 1.54) is 0 Å². The molecule has 1 aromatic heterocycles. The monoisotopic (exact) mass is 317 g/mol. The summed E-state index contributed by atoms with van der Waals surface area (Å²) >= 11 is 10.3. The van der Waals surface area contributed by atoms with Gasteiger partial charge in [-0.25, -0.2) is 0 Å². The molecule has 3 rings (SSSR count). The summed E-state index contributed by atoms with van der Waals surface area (Å²) in [6, 6.07) is 15.1. The van der Waals surface area contributed by atoms with Gasteiger partial charge in [-0.2, -0.15) is 0 Å². The van der Waals surface area contributed by atoms with E-state index in [-0.39, 0.29) is 0 Å². The van der Waals surface area contributed by atoms with Crippen molar-refractivity contribution in [2.45, 2.75) is 5.16 Å². The summed E-state index contributed by atoms with van der Waals surface area (Å²) in [6.45, 7) is 0. The first kappa shape index (κ1) is 14.0. The quantitative estimate of drug-likeness (QED) is 0.745. The highest BCUT2D eigenvalue weighted by molar-refractivity contribution is 7.80. The van der Waals surface area contributed by atoms with Gasteiger partial charge in [0.15, 0.2) is 11.0 Å². The molecule has 1 heterocycles. The fourth-order valence-corrected chi connectivity index (χ4v) is 2.41. The van der Waals surface area contributed by atoms with Crippen molar-refractivity contribution in [2.75, 3.05) is 7.11 Å². The van der Waals surface area contributed by atoms with Crippen molar-refractivity contribution < 1.29 is 4.74 Å². The van der Waals surface area contributed by atoms with Crippen LogP contribution in [0, 0.1) is 0 Å². The molecule has 0 unspecified atom stereocenters. The minimum Gasteiger partial charge on any atom is -0.497 e. The van der Waals surface area contributed by atoms with E-state index in [2.05, 4.69) is 22.8 Å². The van der Waals surface area contributed by atoms with Crippen LogP contribution in [0.3, 0.4) is 0 Å². The lowest BCUT2D eigenvalue weighted by molar-refractivity contribution is 0.414. The molecule has 0 spiro atoms. The molecular formula is C15H12ClN3OS. The van der Waals surface area contributed by atoms with Gasteiger partial charge in [-0.1, -0.05) is 11.6 Å². The zero-order valence-corrected chi connectivity index (χ0v) is 12.8. The van der Waals surface area contributed by atoms with E-state index in [0.717, 1.165) is 17.0 Å². The van der Waals surface area contributed by atoms with E-state index < -0.39 is 0 Å². The summed E-state index contributed by atoms with van der Waals surface area (Å²) in [4.78, 5) is 0. The maximum absolute atomic E-state index is 5.92. The second kappa shape index (κ2) is 5.79. The van der Waals surface area contributed by atoms with Crippen LogP contribution in [0.1, 0.15) is 0 Å². The summed E-state index contributed by atoms with van der Waals surface area (Å²) in [7, 11) is 1.64. The number of halogens is 1. The molecule has 106 valence electrons. The van der Waals surface area contributed by atoms with E-state index in [1.807, 2.05) is 53.1 Å². The molecule has 0 N–H and O–H groups in total.